The van der Waals surface area contributed by atoms with Crippen molar-refractivity contribution in [3.63, 3.8) is 0 Å². The first-order valence-electron chi connectivity index (χ1n) is 4.76. The van der Waals surface area contributed by atoms with Gasteiger partial charge in [-0.25, -0.2) is 4.98 Å². The summed E-state index contributed by atoms with van der Waals surface area (Å²) in [5.74, 6) is 0.0858. The molecule has 1 aromatic heterocycles. The number of fused-ring (bicyclic) bond motifs is 1. The number of pyridine rings is 1. The molecule has 0 aliphatic rings. The number of amides is 1. The molecule has 0 atom stereocenters. The smallest absolute Gasteiger partial charge is 0.211 e. The number of nitrogens with one attached hydrogen (secondary N) is 1. The van der Waals surface area contributed by atoms with Gasteiger partial charge in [-0.3, -0.25) is 4.79 Å². The molecule has 80 valence electrons. The molecule has 0 aliphatic heterocycles. The van der Waals surface area contributed by atoms with Crippen LogP contribution in [0, 0.1) is 0 Å². The summed E-state index contributed by atoms with van der Waals surface area (Å²) in [4.78, 5) is 14.3. The van der Waals surface area contributed by atoms with Crippen molar-refractivity contribution in [3.05, 3.63) is 42.2 Å². The van der Waals surface area contributed by atoms with E-state index in [4.69, 9.17) is 0 Å². The molecule has 0 aliphatic carbocycles. The van der Waals surface area contributed by atoms with Crippen molar-refractivity contribution < 1.29 is 9.90 Å². The van der Waals surface area contributed by atoms with Crippen molar-refractivity contribution in [2.24, 2.45) is 0 Å². The summed E-state index contributed by atoms with van der Waals surface area (Å²) >= 11 is 0. The number of rotatable bonds is 3. The van der Waals surface area contributed by atoms with Crippen LogP contribution in [-0.2, 0) is 4.79 Å². The van der Waals surface area contributed by atoms with Gasteiger partial charge in [0.25, 0.3) is 0 Å². The van der Waals surface area contributed by atoms with Crippen molar-refractivity contribution in [3.8, 4) is 5.75 Å². The predicted octanol–water partition coefficient (Wildman–Crippen LogP) is 1.66. The van der Waals surface area contributed by atoms with Gasteiger partial charge >= 0.3 is 0 Å². The molecule has 0 unspecified atom stereocenters. The van der Waals surface area contributed by atoms with E-state index < -0.39 is 0 Å². The molecule has 0 bridgehead atoms. The summed E-state index contributed by atoms with van der Waals surface area (Å²) in [5, 5.41) is 12.9. The van der Waals surface area contributed by atoms with E-state index in [1.165, 1.54) is 12.3 Å². The van der Waals surface area contributed by atoms with Crippen LogP contribution in [0.4, 0.5) is 0 Å². The SMILES string of the molecule is O=CNC=Cc1nc2ccccc2cc1O. The molecule has 16 heavy (non-hydrogen) atoms. The van der Waals surface area contributed by atoms with Crippen LogP contribution in [0.15, 0.2) is 36.5 Å². The minimum atomic E-state index is 0.0858. The lowest BCUT2D eigenvalue weighted by Crippen LogP contribution is -1.98. The largest absolute Gasteiger partial charge is 0.506 e. The molecule has 0 saturated carbocycles. The minimum absolute atomic E-state index is 0.0858. The highest BCUT2D eigenvalue weighted by atomic mass is 16.3. The van der Waals surface area contributed by atoms with Crippen LogP contribution >= 0.6 is 0 Å². The quantitative estimate of drug-likeness (QED) is 0.764. The Morgan fingerprint density at radius 3 is 2.94 bits per heavy atom. The summed E-state index contributed by atoms with van der Waals surface area (Å²) in [6.45, 7) is 0. The molecule has 1 heterocycles. The van der Waals surface area contributed by atoms with Gasteiger partial charge in [0.15, 0.2) is 0 Å². The summed E-state index contributed by atoms with van der Waals surface area (Å²) in [5.41, 5.74) is 1.22. The third kappa shape index (κ3) is 2.00. The zero-order valence-electron chi connectivity index (χ0n) is 8.42. The van der Waals surface area contributed by atoms with Crippen LogP contribution < -0.4 is 5.32 Å². The molecule has 0 radical (unpaired) electrons. The van der Waals surface area contributed by atoms with Crippen LogP contribution in [0.2, 0.25) is 0 Å². The Labute approximate surface area is 92.2 Å². The highest BCUT2D eigenvalue weighted by molar-refractivity contribution is 5.81. The van der Waals surface area contributed by atoms with Crippen molar-refractivity contribution in [2.45, 2.75) is 0 Å². The zero-order chi connectivity index (χ0) is 11.4. The van der Waals surface area contributed by atoms with E-state index in [2.05, 4.69) is 10.3 Å². The monoisotopic (exact) mass is 214 g/mol. The molecule has 2 rings (SSSR count). The summed E-state index contributed by atoms with van der Waals surface area (Å²) in [7, 11) is 0. The maximum Gasteiger partial charge on any atom is 0.211 e. The number of aromatic hydroxyl groups is 1. The minimum Gasteiger partial charge on any atom is -0.506 e. The van der Waals surface area contributed by atoms with Gasteiger partial charge in [-0.2, -0.15) is 0 Å². The van der Waals surface area contributed by atoms with Crippen molar-refractivity contribution >= 4 is 23.4 Å². The van der Waals surface area contributed by atoms with Crippen LogP contribution in [0.25, 0.3) is 17.0 Å². The summed E-state index contributed by atoms with van der Waals surface area (Å²) in [6, 6.07) is 9.14. The van der Waals surface area contributed by atoms with Gasteiger partial charge in [0, 0.05) is 11.6 Å². The molecule has 0 saturated heterocycles. The summed E-state index contributed by atoms with van der Waals surface area (Å²) < 4.78 is 0. The van der Waals surface area contributed by atoms with Gasteiger partial charge in [0.05, 0.1) is 5.52 Å². The maximum atomic E-state index is 10.0. The highest BCUT2D eigenvalue weighted by Gasteiger charge is 2.01. The average molecular weight is 214 g/mol. The van der Waals surface area contributed by atoms with Gasteiger partial charge in [0.1, 0.15) is 11.4 Å². The fourth-order valence-corrected chi connectivity index (χ4v) is 1.41. The second-order valence-electron chi connectivity index (χ2n) is 3.20. The van der Waals surface area contributed by atoms with Gasteiger partial charge in [0.2, 0.25) is 6.41 Å². The third-order valence-corrected chi connectivity index (χ3v) is 2.14. The van der Waals surface area contributed by atoms with Crippen LogP contribution in [-0.4, -0.2) is 16.5 Å². The second kappa shape index (κ2) is 4.44. The van der Waals surface area contributed by atoms with Crippen LogP contribution in [0.3, 0.4) is 0 Å². The van der Waals surface area contributed by atoms with E-state index in [-0.39, 0.29) is 5.75 Å². The normalized spacial score (nSPS) is 10.8. The Hall–Kier alpha value is -2.36. The van der Waals surface area contributed by atoms with Gasteiger partial charge in [-0.05, 0) is 18.2 Å². The first-order valence-corrected chi connectivity index (χ1v) is 4.76. The van der Waals surface area contributed by atoms with E-state index in [0.29, 0.717) is 12.1 Å². The average Bonchev–Trinajstić information content (AvgIpc) is 2.30. The van der Waals surface area contributed by atoms with Crippen molar-refractivity contribution in [1.29, 1.82) is 0 Å². The van der Waals surface area contributed by atoms with Crippen molar-refractivity contribution in [1.82, 2.24) is 10.3 Å². The fourth-order valence-electron chi connectivity index (χ4n) is 1.41. The number of para-hydroxylation sites is 1. The second-order valence-corrected chi connectivity index (χ2v) is 3.20. The Bertz CT molecular complexity index is 550. The van der Waals surface area contributed by atoms with E-state index in [0.717, 1.165) is 10.9 Å². The molecule has 4 nitrogen and oxygen atoms in total. The van der Waals surface area contributed by atoms with E-state index in [1.54, 1.807) is 6.07 Å². The Morgan fingerprint density at radius 2 is 2.12 bits per heavy atom. The fraction of sp³-hybridized carbons (Fsp3) is 0. The number of hydrogen-bond donors (Lipinski definition) is 2. The van der Waals surface area contributed by atoms with Crippen LogP contribution in [0.1, 0.15) is 5.69 Å². The molecule has 1 aromatic carbocycles. The Balaban J connectivity index is 2.45. The third-order valence-electron chi connectivity index (χ3n) is 2.14. The number of carbonyl (C=O) groups is 1. The number of nitrogens with zero attached hydrogens (tertiary/aromatic N) is 1. The lowest BCUT2D eigenvalue weighted by molar-refractivity contribution is -0.108. The van der Waals surface area contributed by atoms with Gasteiger partial charge < -0.3 is 10.4 Å². The maximum absolute atomic E-state index is 10.0. The first-order chi connectivity index (χ1) is 7.81. The molecule has 2 aromatic rings. The molecule has 2 N–H and O–H groups in total. The lowest BCUT2D eigenvalue weighted by Gasteiger charge is -2.01. The van der Waals surface area contributed by atoms with Crippen LogP contribution in [0.5, 0.6) is 5.75 Å². The number of aromatic nitrogens is 1. The molecular formula is C12H10N2O2. The first kappa shape index (κ1) is 10.2. The summed E-state index contributed by atoms with van der Waals surface area (Å²) in [6.07, 6.45) is 3.51. The number of benzene rings is 1. The molecule has 0 spiro atoms. The standard InChI is InChI=1S/C12H10N2O2/c15-8-13-6-5-11-12(16)7-9-3-1-2-4-10(9)14-11/h1-8,16H,(H,13,15). The molecular weight excluding hydrogens is 204 g/mol. The lowest BCUT2D eigenvalue weighted by atomic mass is 10.2. The number of carbonyl (C=O) groups excluding carboxylic acids is 1. The van der Waals surface area contributed by atoms with E-state index in [1.807, 2.05) is 24.3 Å². The highest BCUT2D eigenvalue weighted by Crippen LogP contribution is 2.22. The molecule has 1 amide bonds. The van der Waals surface area contributed by atoms with E-state index in [9.17, 15) is 9.90 Å². The van der Waals surface area contributed by atoms with Gasteiger partial charge in [-0.1, -0.05) is 18.2 Å². The Kier molecular flexibility index (Phi) is 2.82. The Morgan fingerprint density at radius 1 is 1.31 bits per heavy atom. The predicted molar refractivity (Wildman–Crippen MR) is 61.6 cm³/mol. The number of hydrogen-bond acceptors (Lipinski definition) is 3. The zero-order valence-corrected chi connectivity index (χ0v) is 8.42. The molecule has 4 heteroatoms. The van der Waals surface area contributed by atoms with Gasteiger partial charge in [-0.15, -0.1) is 0 Å². The molecule has 0 fully saturated rings. The van der Waals surface area contributed by atoms with E-state index >= 15 is 0 Å². The van der Waals surface area contributed by atoms with Crippen molar-refractivity contribution in [2.75, 3.05) is 0 Å². The topological polar surface area (TPSA) is 62.2 Å².